The molecule has 0 heterocycles. The van der Waals surface area contributed by atoms with Crippen molar-refractivity contribution in [3.05, 3.63) is 64.2 Å². The van der Waals surface area contributed by atoms with Gasteiger partial charge in [0.1, 0.15) is 5.75 Å². The van der Waals surface area contributed by atoms with Gasteiger partial charge in [0.2, 0.25) is 0 Å². The van der Waals surface area contributed by atoms with Gasteiger partial charge in [-0.15, -0.1) is 0 Å². The minimum absolute atomic E-state index is 0.234. The summed E-state index contributed by atoms with van der Waals surface area (Å²) in [6, 6.07) is 12.9. The quantitative estimate of drug-likeness (QED) is 0.388. The molecule has 0 aliphatic rings. The van der Waals surface area contributed by atoms with Gasteiger partial charge >= 0.3 is 0 Å². The molecular weight excluding hydrogens is 398 g/mol. The van der Waals surface area contributed by atoms with Gasteiger partial charge in [-0.25, -0.2) is 0 Å². The van der Waals surface area contributed by atoms with Crippen LogP contribution in [0.15, 0.2) is 47.6 Å². The Morgan fingerprint density at radius 3 is 2.61 bits per heavy atom. The van der Waals surface area contributed by atoms with Crippen LogP contribution in [-0.4, -0.2) is 30.4 Å². The number of hydrazone groups is 1. The number of rotatable bonds is 8. The number of benzene rings is 2. The largest absolute Gasteiger partial charge is 0.550 e. The zero-order chi connectivity index (χ0) is 20.5. The van der Waals surface area contributed by atoms with Crippen LogP contribution in [0.1, 0.15) is 23.6 Å². The minimum atomic E-state index is -1.17. The fourth-order valence-electron chi connectivity index (χ4n) is 2.51. The maximum absolute atomic E-state index is 10.9. The van der Waals surface area contributed by atoms with Crippen molar-refractivity contribution in [2.75, 3.05) is 13.7 Å². The van der Waals surface area contributed by atoms with E-state index in [4.69, 9.17) is 28.6 Å². The summed E-state index contributed by atoms with van der Waals surface area (Å²) in [6.07, 6.45) is 0.565. The fraction of sp³-hybridized carbons (Fsp3) is 0.250. The third kappa shape index (κ3) is 6.83. The molecule has 8 heteroatoms. The van der Waals surface area contributed by atoms with Gasteiger partial charge in [0, 0.05) is 29.5 Å². The highest BCUT2D eigenvalue weighted by atomic mass is 35.5. The molecule has 6 nitrogen and oxygen atoms in total. The first-order valence-electron chi connectivity index (χ1n) is 8.58. The lowest BCUT2D eigenvalue weighted by atomic mass is 10.0. The second kappa shape index (κ2) is 10.6. The Labute approximate surface area is 174 Å². The van der Waals surface area contributed by atoms with Gasteiger partial charge in [-0.05, 0) is 67.0 Å². The Balaban J connectivity index is 1.91. The maximum Gasteiger partial charge on any atom is 0.186 e. The van der Waals surface area contributed by atoms with Gasteiger partial charge in [0.15, 0.2) is 5.11 Å². The standard InChI is InChI=1S/C20H22ClN3O3S/c1-13(15-5-8-18(27-2)16(11-15)12-19(25)26)23-24-20(28)22-10-9-14-3-6-17(21)7-4-14/h3-8,11H,9-10,12H2,1-2H3,(H,25,26)(H2,22,24,28)/p-1/b23-13-. The molecule has 0 amide bonds. The summed E-state index contributed by atoms with van der Waals surface area (Å²) >= 11 is 11.1. The van der Waals surface area contributed by atoms with E-state index in [9.17, 15) is 9.90 Å². The number of carbonyl (C=O) groups is 1. The molecule has 0 aromatic heterocycles. The predicted molar refractivity (Wildman–Crippen MR) is 113 cm³/mol. The molecule has 0 aliphatic carbocycles. The van der Waals surface area contributed by atoms with Crippen LogP contribution >= 0.6 is 23.8 Å². The van der Waals surface area contributed by atoms with E-state index >= 15 is 0 Å². The molecular formula is C20H21ClN3O3S-. The first-order chi connectivity index (χ1) is 13.4. The average molecular weight is 419 g/mol. The highest BCUT2D eigenvalue weighted by molar-refractivity contribution is 7.80. The SMILES string of the molecule is COc1ccc(/C(C)=N\NC(=S)NCCc2ccc(Cl)cc2)cc1CC(=O)[O-]. The van der Waals surface area contributed by atoms with E-state index in [2.05, 4.69) is 15.8 Å². The minimum Gasteiger partial charge on any atom is -0.550 e. The van der Waals surface area contributed by atoms with Crippen LogP contribution in [0.4, 0.5) is 0 Å². The van der Waals surface area contributed by atoms with E-state index in [0.717, 1.165) is 17.5 Å². The van der Waals surface area contributed by atoms with E-state index in [1.54, 1.807) is 25.1 Å². The highest BCUT2D eigenvalue weighted by Crippen LogP contribution is 2.20. The second-order valence-corrected chi connectivity index (χ2v) is 6.86. The van der Waals surface area contributed by atoms with Crippen LogP contribution in [0.2, 0.25) is 5.02 Å². The number of halogens is 1. The van der Waals surface area contributed by atoms with Crippen molar-refractivity contribution in [1.82, 2.24) is 10.7 Å². The van der Waals surface area contributed by atoms with Crippen LogP contribution in [0, 0.1) is 0 Å². The summed E-state index contributed by atoms with van der Waals surface area (Å²) in [4.78, 5) is 10.9. The summed E-state index contributed by atoms with van der Waals surface area (Å²) in [5, 5.41) is 19.4. The Morgan fingerprint density at radius 1 is 1.25 bits per heavy atom. The zero-order valence-electron chi connectivity index (χ0n) is 15.6. The smallest absolute Gasteiger partial charge is 0.186 e. The molecule has 0 atom stereocenters. The molecule has 0 saturated carbocycles. The topological polar surface area (TPSA) is 85.8 Å². The lowest BCUT2D eigenvalue weighted by molar-refractivity contribution is -0.304. The van der Waals surface area contributed by atoms with E-state index in [1.165, 1.54) is 7.11 Å². The number of hydrogen-bond donors (Lipinski definition) is 2. The number of methoxy groups -OCH3 is 1. The molecule has 0 aliphatic heterocycles. The van der Waals surface area contributed by atoms with Crippen molar-refractivity contribution in [3.63, 3.8) is 0 Å². The number of ether oxygens (including phenoxy) is 1. The van der Waals surface area contributed by atoms with Crippen LogP contribution < -0.4 is 20.6 Å². The summed E-state index contributed by atoms with van der Waals surface area (Å²) in [5.74, 6) is -0.678. The van der Waals surface area contributed by atoms with Crippen molar-refractivity contribution in [3.8, 4) is 5.75 Å². The number of nitrogens with zero attached hydrogens (tertiary/aromatic N) is 1. The van der Waals surface area contributed by atoms with Crippen molar-refractivity contribution >= 4 is 40.6 Å². The second-order valence-electron chi connectivity index (χ2n) is 6.02. The third-order valence-electron chi connectivity index (χ3n) is 3.97. The number of carbonyl (C=O) groups excluding carboxylic acids is 1. The van der Waals surface area contributed by atoms with Crippen LogP contribution in [0.3, 0.4) is 0 Å². The Bertz CT molecular complexity index is 869. The summed E-state index contributed by atoms with van der Waals surface area (Å²) in [7, 11) is 1.49. The Morgan fingerprint density at radius 2 is 1.96 bits per heavy atom. The molecule has 2 N–H and O–H groups in total. The van der Waals surface area contributed by atoms with Crippen molar-refractivity contribution in [2.24, 2.45) is 5.10 Å². The van der Waals surface area contributed by atoms with Crippen molar-refractivity contribution in [1.29, 1.82) is 0 Å². The third-order valence-corrected chi connectivity index (χ3v) is 4.46. The molecule has 0 fully saturated rings. The Kier molecular flexibility index (Phi) is 8.22. The molecule has 0 saturated heterocycles. The normalized spacial score (nSPS) is 11.0. The first-order valence-corrected chi connectivity index (χ1v) is 9.37. The van der Waals surface area contributed by atoms with Crippen LogP contribution in [0.25, 0.3) is 0 Å². The average Bonchev–Trinajstić information content (AvgIpc) is 2.67. The summed E-state index contributed by atoms with van der Waals surface area (Å²) in [5.41, 5.74) is 5.88. The van der Waals surface area contributed by atoms with E-state index in [-0.39, 0.29) is 6.42 Å². The van der Waals surface area contributed by atoms with Gasteiger partial charge in [0.25, 0.3) is 0 Å². The van der Waals surface area contributed by atoms with Gasteiger partial charge in [-0.2, -0.15) is 5.10 Å². The molecule has 0 radical (unpaired) electrons. The van der Waals surface area contributed by atoms with Crippen molar-refractivity contribution in [2.45, 2.75) is 19.8 Å². The number of carboxylic acid groups (broad SMARTS) is 1. The van der Waals surface area contributed by atoms with Crippen LogP contribution in [-0.2, 0) is 17.6 Å². The van der Waals surface area contributed by atoms with Gasteiger partial charge in [-0.3, -0.25) is 5.43 Å². The predicted octanol–water partition coefficient (Wildman–Crippen LogP) is 2.07. The zero-order valence-corrected chi connectivity index (χ0v) is 17.2. The van der Waals surface area contributed by atoms with Gasteiger partial charge in [-0.1, -0.05) is 23.7 Å². The molecule has 2 aromatic carbocycles. The van der Waals surface area contributed by atoms with Gasteiger partial charge in [0.05, 0.1) is 12.8 Å². The van der Waals surface area contributed by atoms with E-state index < -0.39 is 5.97 Å². The molecule has 148 valence electrons. The summed E-state index contributed by atoms with van der Waals surface area (Å²) < 4.78 is 5.18. The number of carboxylic acids is 1. The molecule has 0 bridgehead atoms. The Hall–Kier alpha value is -2.64. The van der Waals surface area contributed by atoms with E-state index in [1.807, 2.05) is 24.3 Å². The molecule has 2 aromatic rings. The first kappa shape index (κ1) is 21.7. The number of aliphatic carboxylic acids is 1. The maximum atomic E-state index is 10.9. The number of thiocarbonyl (C=S) groups is 1. The molecule has 2 rings (SSSR count). The fourth-order valence-corrected chi connectivity index (χ4v) is 2.78. The lowest BCUT2D eigenvalue weighted by Gasteiger charge is -2.12. The van der Waals surface area contributed by atoms with Crippen LogP contribution in [0.5, 0.6) is 5.75 Å². The van der Waals surface area contributed by atoms with E-state index in [0.29, 0.717) is 33.7 Å². The monoisotopic (exact) mass is 418 g/mol. The number of nitrogens with one attached hydrogen (secondary N) is 2. The number of hydrogen-bond acceptors (Lipinski definition) is 5. The molecule has 0 unspecified atom stereocenters. The van der Waals surface area contributed by atoms with Crippen molar-refractivity contribution < 1.29 is 14.6 Å². The lowest BCUT2D eigenvalue weighted by Crippen LogP contribution is -2.34. The highest BCUT2D eigenvalue weighted by Gasteiger charge is 2.07. The summed E-state index contributed by atoms with van der Waals surface area (Å²) in [6.45, 7) is 2.45. The van der Waals surface area contributed by atoms with Gasteiger partial charge < -0.3 is 20.0 Å². The molecule has 0 spiro atoms. The molecule has 28 heavy (non-hydrogen) atoms.